The van der Waals surface area contributed by atoms with Crippen LogP contribution in [0.1, 0.15) is 30.0 Å². The molecule has 4 heteroatoms. The Labute approximate surface area is 169 Å². The molecule has 0 amide bonds. The number of anilines is 1. The maximum absolute atomic E-state index is 2.42. The minimum absolute atomic E-state index is 0.988. The topological polar surface area (TPSA) is 7.12 Å². The molecule has 3 aromatic rings. The summed E-state index contributed by atoms with van der Waals surface area (Å²) < 4.78 is 3.78. The van der Waals surface area contributed by atoms with Crippen molar-refractivity contribution in [2.45, 2.75) is 39.1 Å². The molecule has 0 saturated carbocycles. The smallest absolute Gasteiger partial charge is 0.262 e. The zero-order valence-electron chi connectivity index (χ0n) is 16.3. The van der Waals surface area contributed by atoms with E-state index in [0.717, 1.165) is 13.1 Å². The van der Waals surface area contributed by atoms with Crippen molar-refractivity contribution in [1.29, 1.82) is 0 Å². The van der Waals surface area contributed by atoms with Crippen molar-refractivity contribution in [2.24, 2.45) is 0 Å². The molecule has 0 atom stereocenters. The van der Waals surface area contributed by atoms with Gasteiger partial charge in [0, 0.05) is 23.1 Å². The second-order valence-electron chi connectivity index (χ2n) is 6.74. The molecule has 0 bridgehead atoms. The van der Waals surface area contributed by atoms with Gasteiger partial charge in [0.2, 0.25) is 5.52 Å². The zero-order chi connectivity index (χ0) is 19.0. The molecule has 1 aliphatic heterocycles. The lowest BCUT2D eigenvalue weighted by atomic mass is 10.2. The number of benzene rings is 2. The molecule has 1 aliphatic rings. The van der Waals surface area contributed by atoms with Gasteiger partial charge in [-0.1, -0.05) is 53.4 Å². The third-order valence-corrected chi connectivity index (χ3v) is 7.24. The van der Waals surface area contributed by atoms with Gasteiger partial charge in [0.15, 0.2) is 0 Å². The summed E-state index contributed by atoms with van der Waals surface area (Å²) in [6.45, 7) is 10.8. The normalized spacial score (nSPS) is 15.4. The van der Waals surface area contributed by atoms with Gasteiger partial charge in [0.05, 0.1) is 10.7 Å². The van der Waals surface area contributed by atoms with Crippen LogP contribution in [0.3, 0.4) is 0 Å². The molecule has 4 rings (SSSR count). The number of thiazole rings is 1. The summed E-state index contributed by atoms with van der Waals surface area (Å²) >= 11 is 3.74. The molecule has 0 fully saturated rings. The summed E-state index contributed by atoms with van der Waals surface area (Å²) in [6, 6.07) is 13.1. The Kier molecular flexibility index (Phi) is 5.11. The van der Waals surface area contributed by atoms with Crippen LogP contribution in [0, 0.1) is 13.8 Å². The summed E-state index contributed by atoms with van der Waals surface area (Å²) in [5, 5.41) is 2.61. The molecular weight excluding hydrogens is 368 g/mol. The van der Waals surface area contributed by atoms with E-state index >= 15 is 0 Å². The van der Waals surface area contributed by atoms with E-state index in [9.17, 15) is 0 Å². The molecule has 2 heterocycles. The number of aryl methyl sites for hydroxylation is 3. The van der Waals surface area contributed by atoms with E-state index in [0.29, 0.717) is 0 Å². The maximum Gasteiger partial charge on any atom is 0.262 e. The zero-order valence-corrected chi connectivity index (χ0v) is 18.0. The lowest BCUT2D eigenvalue weighted by Gasteiger charge is -2.19. The van der Waals surface area contributed by atoms with Gasteiger partial charge in [-0.2, -0.15) is 4.57 Å². The molecule has 0 spiro atoms. The first kappa shape index (κ1) is 18.3. The second-order valence-corrected chi connectivity index (χ2v) is 8.86. The van der Waals surface area contributed by atoms with Crippen molar-refractivity contribution in [3.05, 3.63) is 69.7 Å². The molecular formula is C23H25N2S2+. The fourth-order valence-corrected chi connectivity index (χ4v) is 6.20. The van der Waals surface area contributed by atoms with Crippen LogP contribution < -0.4 is 9.47 Å². The number of thioether (sulfide) groups is 1. The van der Waals surface area contributed by atoms with Crippen molar-refractivity contribution in [1.82, 2.24) is 0 Å². The largest absolute Gasteiger partial charge is 0.335 e. The van der Waals surface area contributed by atoms with Gasteiger partial charge in [-0.05, 0) is 51.5 Å². The lowest BCUT2D eigenvalue weighted by Crippen LogP contribution is -2.33. The molecule has 2 nitrogen and oxygen atoms in total. The van der Waals surface area contributed by atoms with Crippen molar-refractivity contribution < 1.29 is 4.57 Å². The van der Waals surface area contributed by atoms with E-state index in [2.05, 4.69) is 91.8 Å². The van der Waals surface area contributed by atoms with Crippen molar-refractivity contribution in [3.8, 4) is 0 Å². The molecule has 0 aliphatic carbocycles. The predicted octanol–water partition coefficient (Wildman–Crippen LogP) is 6.31. The Morgan fingerprint density at radius 1 is 1.04 bits per heavy atom. The number of fused-ring (bicyclic) bond motifs is 2. The monoisotopic (exact) mass is 393 g/mol. The first-order valence-corrected chi connectivity index (χ1v) is 11.1. The van der Waals surface area contributed by atoms with E-state index in [1.54, 1.807) is 0 Å². The number of hydrogen-bond acceptors (Lipinski definition) is 3. The highest BCUT2D eigenvalue weighted by atomic mass is 32.2. The summed E-state index contributed by atoms with van der Waals surface area (Å²) in [5.74, 6) is 0. The van der Waals surface area contributed by atoms with Crippen LogP contribution in [-0.4, -0.2) is 6.54 Å². The molecule has 0 saturated heterocycles. The van der Waals surface area contributed by atoms with Crippen molar-refractivity contribution in [2.75, 3.05) is 11.4 Å². The highest BCUT2D eigenvalue weighted by molar-refractivity contribution is 8.03. The number of allylic oxidation sites excluding steroid dienone is 2. The quantitative estimate of drug-likeness (QED) is 0.479. The standard InChI is InChI=1S/C23H25N2S2/c1-5-24-20(26-18-12-7-10-16(3)22(18)24)14-9-15-21-25(6-2)23-17(4)11-8-13-19(23)27-21/h7-15H,5-6H2,1-4H3/q+1. The van der Waals surface area contributed by atoms with Crippen LogP contribution in [0.2, 0.25) is 0 Å². The Morgan fingerprint density at radius 2 is 1.81 bits per heavy atom. The van der Waals surface area contributed by atoms with Crippen LogP contribution in [-0.2, 0) is 6.54 Å². The number of nitrogens with zero attached hydrogens (tertiary/aromatic N) is 2. The van der Waals surface area contributed by atoms with Crippen LogP contribution in [0.25, 0.3) is 16.3 Å². The Balaban J connectivity index is 1.68. The fraction of sp³-hybridized carbons (Fsp3) is 0.261. The van der Waals surface area contributed by atoms with Gasteiger partial charge >= 0.3 is 0 Å². The van der Waals surface area contributed by atoms with Gasteiger partial charge < -0.3 is 4.90 Å². The van der Waals surface area contributed by atoms with Gasteiger partial charge in [0.25, 0.3) is 5.01 Å². The average molecular weight is 394 g/mol. The van der Waals surface area contributed by atoms with Gasteiger partial charge in [-0.15, -0.1) is 0 Å². The van der Waals surface area contributed by atoms with Gasteiger partial charge in [-0.3, -0.25) is 0 Å². The Hall–Kier alpha value is -2.04. The molecule has 27 heavy (non-hydrogen) atoms. The summed E-state index contributed by atoms with van der Waals surface area (Å²) in [6.07, 6.45) is 6.72. The van der Waals surface area contributed by atoms with Crippen LogP contribution in [0.4, 0.5) is 5.69 Å². The summed E-state index contributed by atoms with van der Waals surface area (Å²) in [7, 11) is 0. The number of aromatic nitrogens is 1. The van der Waals surface area contributed by atoms with Gasteiger partial charge in [-0.25, -0.2) is 0 Å². The van der Waals surface area contributed by atoms with E-state index in [-0.39, 0.29) is 0 Å². The summed E-state index contributed by atoms with van der Waals surface area (Å²) in [4.78, 5) is 3.78. The van der Waals surface area contributed by atoms with E-state index in [1.165, 1.54) is 42.0 Å². The number of hydrogen-bond donors (Lipinski definition) is 0. The molecule has 2 aromatic carbocycles. The van der Waals surface area contributed by atoms with E-state index in [4.69, 9.17) is 0 Å². The van der Waals surface area contributed by atoms with E-state index < -0.39 is 0 Å². The van der Waals surface area contributed by atoms with Crippen molar-refractivity contribution in [3.63, 3.8) is 0 Å². The first-order valence-electron chi connectivity index (χ1n) is 9.49. The molecule has 0 radical (unpaired) electrons. The van der Waals surface area contributed by atoms with E-state index in [1.807, 2.05) is 23.1 Å². The molecule has 0 unspecified atom stereocenters. The molecule has 0 N–H and O–H groups in total. The minimum atomic E-state index is 0.988. The van der Waals surface area contributed by atoms with Crippen molar-refractivity contribution >= 4 is 45.1 Å². The SMILES string of the molecule is CCN1/C(=C/C=C/c2sc3cccc(C)c3[n+]2CC)Sc2cccc(C)c21. The number of para-hydroxylation sites is 2. The van der Waals surface area contributed by atoms with Crippen LogP contribution in [0.5, 0.6) is 0 Å². The highest BCUT2D eigenvalue weighted by Crippen LogP contribution is 2.47. The average Bonchev–Trinajstić information content (AvgIpc) is 3.20. The third-order valence-electron chi connectivity index (χ3n) is 5.01. The molecule has 1 aromatic heterocycles. The fourth-order valence-electron chi connectivity index (χ4n) is 3.77. The maximum atomic E-state index is 2.42. The second kappa shape index (κ2) is 7.53. The first-order chi connectivity index (χ1) is 13.1. The Morgan fingerprint density at radius 3 is 2.59 bits per heavy atom. The van der Waals surface area contributed by atoms with Gasteiger partial charge in [0.1, 0.15) is 11.2 Å². The van der Waals surface area contributed by atoms with Crippen LogP contribution in [0.15, 0.2) is 58.5 Å². The summed E-state index contributed by atoms with van der Waals surface area (Å²) in [5.41, 5.74) is 5.42. The Bertz CT molecular complexity index is 1060. The molecule has 138 valence electrons. The van der Waals surface area contributed by atoms with Crippen LogP contribution >= 0.6 is 23.1 Å². The number of rotatable bonds is 4. The highest BCUT2D eigenvalue weighted by Gasteiger charge is 2.25. The predicted molar refractivity (Wildman–Crippen MR) is 120 cm³/mol. The lowest BCUT2D eigenvalue weighted by molar-refractivity contribution is -0.665. The third kappa shape index (κ3) is 3.21. The minimum Gasteiger partial charge on any atom is -0.335 e.